The Morgan fingerprint density at radius 2 is 1.95 bits per heavy atom. The highest BCUT2D eigenvalue weighted by Crippen LogP contribution is 2.32. The van der Waals surface area contributed by atoms with Crippen LogP contribution in [0.1, 0.15) is 47.0 Å². The Morgan fingerprint density at radius 1 is 1.16 bits per heavy atom. The first-order valence-corrected chi connectivity index (χ1v) is 7.92. The summed E-state index contributed by atoms with van der Waals surface area (Å²) in [5.41, 5.74) is 5.66. The lowest BCUT2D eigenvalue weighted by molar-refractivity contribution is 0.632. The van der Waals surface area contributed by atoms with Crippen LogP contribution in [0.2, 0.25) is 0 Å². The molecule has 1 heterocycles. The number of rotatable bonds is 5. The fourth-order valence-corrected chi connectivity index (χ4v) is 3.62. The Labute approximate surface area is 120 Å². The van der Waals surface area contributed by atoms with Crippen molar-refractivity contribution in [1.29, 1.82) is 0 Å². The van der Waals surface area contributed by atoms with Gasteiger partial charge in [0, 0.05) is 4.88 Å². The first-order valence-electron chi connectivity index (χ1n) is 7.04. The van der Waals surface area contributed by atoms with E-state index in [0.717, 1.165) is 13.0 Å². The first kappa shape index (κ1) is 14.3. The van der Waals surface area contributed by atoms with Crippen molar-refractivity contribution >= 4 is 11.3 Å². The molecule has 19 heavy (non-hydrogen) atoms. The third-order valence-corrected chi connectivity index (χ3v) is 4.81. The van der Waals surface area contributed by atoms with Crippen LogP contribution in [0.15, 0.2) is 29.6 Å². The van der Waals surface area contributed by atoms with Crippen LogP contribution in [0.5, 0.6) is 0 Å². The van der Waals surface area contributed by atoms with Gasteiger partial charge in [0.2, 0.25) is 0 Å². The van der Waals surface area contributed by atoms with Gasteiger partial charge in [0.25, 0.3) is 0 Å². The summed E-state index contributed by atoms with van der Waals surface area (Å²) >= 11 is 1.87. The molecule has 2 rings (SSSR count). The highest BCUT2D eigenvalue weighted by Gasteiger charge is 2.19. The number of hydrogen-bond acceptors (Lipinski definition) is 2. The highest BCUT2D eigenvalue weighted by molar-refractivity contribution is 7.10. The van der Waals surface area contributed by atoms with Crippen LogP contribution in [0, 0.1) is 13.8 Å². The van der Waals surface area contributed by atoms with Crippen LogP contribution in [0.4, 0.5) is 0 Å². The molecule has 1 aromatic carbocycles. The van der Waals surface area contributed by atoms with Crippen LogP contribution < -0.4 is 5.32 Å². The van der Waals surface area contributed by atoms with Crippen molar-refractivity contribution in [2.24, 2.45) is 0 Å². The standard InChI is InChI=1S/C17H23NS/c1-5-14-10-11-19-17(14)16(18-6-2)15-9-7-8-12(3)13(15)4/h7-11,16,18H,5-6H2,1-4H3. The SMILES string of the molecule is CCNC(c1cccc(C)c1C)c1sccc1CC. The number of aryl methyl sites for hydroxylation is 2. The van der Waals surface area contributed by atoms with E-state index in [-0.39, 0.29) is 0 Å². The van der Waals surface area contributed by atoms with Gasteiger partial charge in [-0.1, -0.05) is 32.0 Å². The summed E-state index contributed by atoms with van der Waals surface area (Å²) in [6.07, 6.45) is 1.10. The van der Waals surface area contributed by atoms with E-state index in [1.54, 1.807) is 0 Å². The Balaban J connectivity index is 2.48. The molecule has 1 unspecified atom stereocenters. The summed E-state index contributed by atoms with van der Waals surface area (Å²) in [4.78, 5) is 1.47. The van der Waals surface area contributed by atoms with Crippen LogP contribution >= 0.6 is 11.3 Å². The first-order chi connectivity index (χ1) is 9.19. The molecular formula is C17H23NS. The topological polar surface area (TPSA) is 12.0 Å². The average molecular weight is 273 g/mol. The van der Waals surface area contributed by atoms with E-state index < -0.39 is 0 Å². The normalized spacial score (nSPS) is 12.6. The molecule has 0 aliphatic heterocycles. The van der Waals surface area contributed by atoms with Crippen LogP contribution in [-0.4, -0.2) is 6.54 Å². The molecule has 1 atom stereocenters. The molecule has 0 bridgehead atoms. The molecule has 1 nitrogen and oxygen atoms in total. The van der Waals surface area contributed by atoms with Gasteiger partial charge >= 0.3 is 0 Å². The number of hydrogen-bond donors (Lipinski definition) is 1. The van der Waals surface area contributed by atoms with Gasteiger partial charge in [-0.3, -0.25) is 0 Å². The molecule has 0 fully saturated rings. The minimum atomic E-state index is 0.333. The van der Waals surface area contributed by atoms with Crippen LogP contribution in [0.3, 0.4) is 0 Å². The van der Waals surface area contributed by atoms with E-state index in [1.165, 1.54) is 27.1 Å². The lowest BCUT2D eigenvalue weighted by Crippen LogP contribution is -2.23. The molecule has 0 radical (unpaired) electrons. The monoisotopic (exact) mass is 273 g/mol. The maximum absolute atomic E-state index is 3.65. The number of thiophene rings is 1. The zero-order valence-electron chi connectivity index (χ0n) is 12.3. The molecule has 0 saturated heterocycles. The predicted molar refractivity (Wildman–Crippen MR) is 85.1 cm³/mol. The molecule has 2 aromatic rings. The molecule has 0 spiro atoms. The Hall–Kier alpha value is -1.12. The molecule has 1 aromatic heterocycles. The fraction of sp³-hybridized carbons (Fsp3) is 0.412. The van der Waals surface area contributed by atoms with Gasteiger partial charge in [0.05, 0.1) is 6.04 Å². The minimum Gasteiger partial charge on any atom is -0.306 e. The smallest absolute Gasteiger partial charge is 0.0676 e. The molecular weight excluding hydrogens is 250 g/mol. The number of benzene rings is 1. The third-order valence-electron chi connectivity index (χ3n) is 3.79. The zero-order chi connectivity index (χ0) is 13.8. The van der Waals surface area contributed by atoms with Crippen molar-refractivity contribution in [2.75, 3.05) is 6.54 Å². The lowest BCUT2D eigenvalue weighted by atomic mass is 9.94. The van der Waals surface area contributed by atoms with Crippen LogP contribution in [-0.2, 0) is 6.42 Å². The Kier molecular flexibility index (Phi) is 4.78. The Bertz CT molecular complexity index is 542. The highest BCUT2D eigenvalue weighted by atomic mass is 32.1. The average Bonchev–Trinajstić information content (AvgIpc) is 2.88. The number of nitrogens with one attached hydrogen (secondary N) is 1. The van der Waals surface area contributed by atoms with Crippen molar-refractivity contribution in [1.82, 2.24) is 5.32 Å². The molecule has 2 heteroatoms. The molecule has 0 aliphatic carbocycles. The van der Waals surface area contributed by atoms with Crippen molar-refractivity contribution < 1.29 is 0 Å². The summed E-state index contributed by atoms with van der Waals surface area (Å²) in [5.74, 6) is 0. The summed E-state index contributed by atoms with van der Waals surface area (Å²) in [6, 6.07) is 9.21. The van der Waals surface area contributed by atoms with Gasteiger partial charge in [0.15, 0.2) is 0 Å². The summed E-state index contributed by atoms with van der Waals surface area (Å²) in [7, 11) is 0. The van der Waals surface area contributed by atoms with E-state index in [1.807, 2.05) is 11.3 Å². The van der Waals surface area contributed by atoms with E-state index in [0.29, 0.717) is 6.04 Å². The molecule has 0 amide bonds. The zero-order valence-corrected chi connectivity index (χ0v) is 13.1. The van der Waals surface area contributed by atoms with E-state index in [9.17, 15) is 0 Å². The fourth-order valence-electron chi connectivity index (χ4n) is 2.53. The second-order valence-electron chi connectivity index (χ2n) is 4.94. The van der Waals surface area contributed by atoms with Crippen molar-refractivity contribution in [2.45, 2.75) is 40.2 Å². The lowest BCUT2D eigenvalue weighted by Gasteiger charge is -2.21. The summed E-state index contributed by atoms with van der Waals surface area (Å²) in [6.45, 7) is 9.82. The van der Waals surface area contributed by atoms with Gasteiger partial charge < -0.3 is 5.32 Å². The molecule has 0 aliphatic rings. The molecule has 0 saturated carbocycles. The maximum atomic E-state index is 3.65. The van der Waals surface area contributed by atoms with Crippen molar-refractivity contribution in [3.05, 3.63) is 56.8 Å². The largest absolute Gasteiger partial charge is 0.306 e. The predicted octanol–water partition coefficient (Wildman–Crippen LogP) is 4.63. The van der Waals surface area contributed by atoms with E-state index in [4.69, 9.17) is 0 Å². The van der Waals surface area contributed by atoms with Gasteiger partial charge in [-0.2, -0.15) is 0 Å². The van der Waals surface area contributed by atoms with Gasteiger partial charge in [-0.25, -0.2) is 0 Å². The maximum Gasteiger partial charge on any atom is 0.0676 e. The Morgan fingerprint density at radius 3 is 2.63 bits per heavy atom. The second-order valence-corrected chi connectivity index (χ2v) is 5.89. The minimum absolute atomic E-state index is 0.333. The second kappa shape index (κ2) is 6.36. The molecule has 1 N–H and O–H groups in total. The molecule has 102 valence electrons. The van der Waals surface area contributed by atoms with Crippen molar-refractivity contribution in [3.63, 3.8) is 0 Å². The quantitative estimate of drug-likeness (QED) is 0.837. The van der Waals surface area contributed by atoms with Crippen LogP contribution in [0.25, 0.3) is 0 Å². The summed E-state index contributed by atoms with van der Waals surface area (Å²) in [5, 5.41) is 5.87. The van der Waals surface area contributed by atoms with E-state index in [2.05, 4.69) is 62.7 Å². The summed E-state index contributed by atoms with van der Waals surface area (Å²) < 4.78 is 0. The third kappa shape index (κ3) is 2.90. The van der Waals surface area contributed by atoms with Gasteiger partial charge in [-0.05, 0) is 60.5 Å². The van der Waals surface area contributed by atoms with Gasteiger partial charge in [-0.15, -0.1) is 11.3 Å². The van der Waals surface area contributed by atoms with Gasteiger partial charge in [0.1, 0.15) is 0 Å². The van der Waals surface area contributed by atoms with Crippen molar-refractivity contribution in [3.8, 4) is 0 Å². The van der Waals surface area contributed by atoms with E-state index >= 15 is 0 Å².